The van der Waals surface area contributed by atoms with Crippen LogP contribution >= 0.6 is 27.7 Å². The molecule has 0 saturated carbocycles. The maximum absolute atomic E-state index is 12.0. The number of nitrogens with two attached hydrogens (primary N) is 1. The van der Waals surface area contributed by atoms with Crippen LogP contribution in [0.2, 0.25) is 0 Å². The molecule has 2 rings (SSSR count). The third-order valence-electron chi connectivity index (χ3n) is 2.69. The van der Waals surface area contributed by atoms with Crippen LogP contribution in [0.4, 0.5) is 11.4 Å². The SMILES string of the molecule is Cc1cc(C)nc(SCC(=O)Nc2ccc(N)cc2Br)c1. The Balaban J connectivity index is 1.95. The molecular weight excluding hydrogens is 350 g/mol. The maximum atomic E-state index is 12.0. The number of hydrogen-bond donors (Lipinski definition) is 2. The van der Waals surface area contributed by atoms with Crippen molar-refractivity contribution in [3.8, 4) is 0 Å². The predicted molar refractivity (Wildman–Crippen MR) is 91.6 cm³/mol. The number of nitrogen functional groups attached to an aromatic ring is 1. The number of aryl methyl sites for hydroxylation is 2. The van der Waals surface area contributed by atoms with Crippen molar-refractivity contribution < 1.29 is 4.79 Å². The van der Waals surface area contributed by atoms with Crippen LogP contribution in [0.25, 0.3) is 0 Å². The summed E-state index contributed by atoms with van der Waals surface area (Å²) in [5.41, 5.74) is 9.13. The lowest BCUT2D eigenvalue weighted by atomic mass is 10.3. The van der Waals surface area contributed by atoms with Crippen molar-refractivity contribution in [1.29, 1.82) is 0 Å². The maximum Gasteiger partial charge on any atom is 0.234 e. The van der Waals surface area contributed by atoms with Crippen molar-refractivity contribution in [1.82, 2.24) is 4.98 Å². The zero-order valence-electron chi connectivity index (χ0n) is 11.8. The van der Waals surface area contributed by atoms with Crippen LogP contribution in [0.1, 0.15) is 11.3 Å². The number of rotatable bonds is 4. The van der Waals surface area contributed by atoms with Gasteiger partial charge in [-0.3, -0.25) is 4.79 Å². The summed E-state index contributed by atoms with van der Waals surface area (Å²) in [4.78, 5) is 16.4. The van der Waals surface area contributed by atoms with E-state index in [1.165, 1.54) is 11.8 Å². The average molecular weight is 366 g/mol. The molecule has 0 unspecified atom stereocenters. The largest absolute Gasteiger partial charge is 0.399 e. The fourth-order valence-electron chi connectivity index (χ4n) is 1.84. The Kier molecular flexibility index (Phi) is 5.25. The highest BCUT2D eigenvalue weighted by atomic mass is 79.9. The van der Waals surface area contributed by atoms with E-state index in [1.54, 1.807) is 18.2 Å². The first-order chi connectivity index (χ1) is 9.94. The fraction of sp³-hybridized carbons (Fsp3) is 0.200. The summed E-state index contributed by atoms with van der Waals surface area (Å²) in [6, 6.07) is 9.27. The number of carbonyl (C=O) groups is 1. The Bertz CT molecular complexity index is 656. The topological polar surface area (TPSA) is 68.0 Å². The van der Waals surface area contributed by atoms with E-state index in [-0.39, 0.29) is 5.91 Å². The molecule has 0 saturated heterocycles. The van der Waals surface area contributed by atoms with Crippen molar-refractivity contribution in [2.75, 3.05) is 16.8 Å². The van der Waals surface area contributed by atoms with Gasteiger partial charge in [-0.2, -0.15) is 0 Å². The third kappa shape index (κ3) is 4.75. The van der Waals surface area contributed by atoms with Crippen LogP contribution in [0.3, 0.4) is 0 Å². The van der Waals surface area contributed by atoms with Gasteiger partial charge in [-0.05, 0) is 65.7 Å². The Labute approximate surface area is 136 Å². The lowest BCUT2D eigenvalue weighted by Gasteiger charge is -2.08. The molecule has 1 aromatic carbocycles. The highest BCUT2D eigenvalue weighted by Gasteiger charge is 2.08. The van der Waals surface area contributed by atoms with Gasteiger partial charge in [0.2, 0.25) is 5.91 Å². The molecule has 0 radical (unpaired) electrons. The van der Waals surface area contributed by atoms with Crippen LogP contribution in [0, 0.1) is 13.8 Å². The van der Waals surface area contributed by atoms with Crippen LogP contribution in [0.5, 0.6) is 0 Å². The second-order valence-corrected chi connectivity index (χ2v) is 6.55. The van der Waals surface area contributed by atoms with Crippen molar-refractivity contribution in [2.45, 2.75) is 18.9 Å². The molecule has 1 amide bonds. The minimum absolute atomic E-state index is 0.0774. The molecule has 1 aromatic heterocycles. The number of carbonyl (C=O) groups excluding carboxylic acids is 1. The third-order valence-corrected chi connectivity index (χ3v) is 4.26. The standard InChI is InChI=1S/C15H16BrN3OS/c1-9-5-10(2)18-15(6-9)21-8-14(20)19-13-4-3-11(17)7-12(13)16/h3-7H,8,17H2,1-2H3,(H,19,20). The smallest absolute Gasteiger partial charge is 0.234 e. The van der Waals surface area contributed by atoms with Gasteiger partial charge in [0, 0.05) is 15.9 Å². The average Bonchev–Trinajstić information content (AvgIpc) is 2.39. The van der Waals surface area contributed by atoms with Gasteiger partial charge in [-0.25, -0.2) is 4.98 Å². The highest BCUT2D eigenvalue weighted by molar-refractivity contribution is 9.10. The molecule has 0 fully saturated rings. The minimum atomic E-state index is -0.0774. The number of hydrogen-bond acceptors (Lipinski definition) is 4. The summed E-state index contributed by atoms with van der Waals surface area (Å²) >= 11 is 4.80. The molecule has 4 nitrogen and oxygen atoms in total. The fourth-order valence-corrected chi connectivity index (χ4v) is 3.16. The number of benzene rings is 1. The second-order valence-electron chi connectivity index (χ2n) is 4.70. The van der Waals surface area contributed by atoms with E-state index in [1.807, 2.05) is 26.0 Å². The number of halogens is 1. The highest BCUT2D eigenvalue weighted by Crippen LogP contribution is 2.25. The first-order valence-electron chi connectivity index (χ1n) is 6.37. The van der Waals surface area contributed by atoms with Crippen LogP contribution in [-0.2, 0) is 4.79 Å². The molecule has 110 valence electrons. The van der Waals surface area contributed by atoms with Gasteiger partial charge in [0.25, 0.3) is 0 Å². The molecule has 3 N–H and O–H groups in total. The lowest BCUT2D eigenvalue weighted by Crippen LogP contribution is -2.14. The number of aromatic nitrogens is 1. The first kappa shape index (κ1) is 15.9. The second kappa shape index (κ2) is 6.95. The number of amides is 1. The summed E-state index contributed by atoms with van der Waals surface area (Å²) in [5, 5.41) is 3.71. The van der Waals surface area contributed by atoms with Gasteiger partial charge in [0.15, 0.2) is 0 Å². The van der Waals surface area contributed by atoms with Gasteiger partial charge in [0.05, 0.1) is 16.5 Å². The summed E-state index contributed by atoms with van der Waals surface area (Å²) < 4.78 is 0.769. The number of nitrogens with one attached hydrogen (secondary N) is 1. The summed E-state index contributed by atoms with van der Waals surface area (Å²) in [6.45, 7) is 3.97. The van der Waals surface area contributed by atoms with Crippen LogP contribution < -0.4 is 11.1 Å². The van der Waals surface area contributed by atoms with E-state index < -0.39 is 0 Å². The van der Waals surface area contributed by atoms with E-state index >= 15 is 0 Å². The number of nitrogens with zero attached hydrogens (tertiary/aromatic N) is 1. The number of anilines is 2. The van der Waals surface area contributed by atoms with Crippen LogP contribution in [0.15, 0.2) is 39.8 Å². The molecule has 0 aliphatic heterocycles. The molecule has 0 aliphatic rings. The molecule has 2 aromatic rings. The Hall–Kier alpha value is -1.53. The van der Waals surface area contributed by atoms with Gasteiger partial charge in [-0.15, -0.1) is 0 Å². The molecule has 0 aliphatic carbocycles. The van der Waals surface area contributed by atoms with E-state index in [0.717, 1.165) is 20.8 Å². The Morgan fingerprint density at radius 1 is 1.33 bits per heavy atom. The van der Waals surface area contributed by atoms with Crippen molar-refractivity contribution in [2.24, 2.45) is 0 Å². The van der Waals surface area contributed by atoms with Gasteiger partial charge in [-0.1, -0.05) is 11.8 Å². The molecular formula is C15H16BrN3OS. The van der Waals surface area contributed by atoms with E-state index in [2.05, 4.69) is 26.2 Å². The molecule has 1 heterocycles. The van der Waals surface area contributed by atoms with E-state index in [9.17, 15) is 4.79 Å². The van der Waals surface area contributed by atoms with Gasteiger partial charge < -0.3 is 11.1 Å². The van der Waals surface area contributed by atoms with Crippen LogP contribution in [-0.4, -0.2) is 16.6 Å². The van der Waals surface area contributed by atoms with E-state index in [4.69, 9.17) is 5.73 Å². The Morgan fingerprint density at radius 2 is 2.10 bits per heavy atom. The molecule has 21 heavy (non-hydrogen) atoms. The van der Waals surface area contributed by atoms with Gasteiger partial charge >= 0.3 is 0 Å². The minimum Gasteiger partial charge on any atom is -0.399 e. The van der Waals surface area contributed by atoms with E-state index in [0.29, 0.717) is 17.1 Å². The Morgan fingerprint density at radius 3 is 2.76 bits per heavy atom. The zero-order valence-corrected chi connectivity index (χ0v) is 14.2. The molecule has 6 heteroatoms. The van der Waals surface area contributed by atoms with Crippen molar-refractivity contribution in [3.63, 3.8) is 0 Å². The number of thioether (sulfide) groups is 1. The lowest BCUT2D eigenvalue weighted by molar-refractivity contribution is -0.113. The normalized spacial score (nSPS) is 10.4. The molecule has 0 spiro atoms. The zero-order chi connectivity index (χ0) is 15.4. The summed E-state index contributed by atoms with van der Waals surface area (Å²) in [7, 11) is 0. The molecule has 0 bridgehead atoms. The number of pyridine rings is 1. The van der Waals surface area contributed by atoms with Crippen molar-refractivity contribution >= 4 is 45.0 Å². The summed E-state index contributed by atoms with van der Waals surface area (Å²) in [6.07, 6.45) is 0. The summed E-state index contributed by atoms with van der Waals surface area (Å²) in [5.74, 6) is 0.235. The predicted octanol–water partition coefficient (Wildman–Crippen LogP) is 3.77. The quantitative estimate of drug-likeness (QED) is 0.639. The van der Waals surface area contributed by atoms with Crippen molar-refractivity contribution in [3.05, 3.63) is 46.1 Å². The monoisotopic (exact) mass is 365 g/mol. The molecule has 0 atom stereocenters. The first-order valence-corrected chi connectivity index (χ1v) is 8.15. The van der Waals surface area contributed by atoms with Gasteiger partial charge in [0.1, 0.15) is 0 Å².